The van der Waals surface area contributed by atoms with E-state index in [0.717, 1.165) is 5.69 Å². The maximum absolute atomic E-state index is 12.7. The van der Waals surface area contributed by atoms with Gasteiger partial charge in [0.15, 0.2) is 4.91 Å². The Morgan fingerprint density at radius 3 is 2.26 bits per heavy atom. The maximum Gasteiger partial charge on any atom is 0.262 e. The second-order valence-corrected chi connectivity index (χ2v) is 6.98. The first-order valence-electron chi connectivity index (χ1n) is 7.19. The van der Waals surface area contributed by atoms with E-state index in [1.54, 1.807) is 23.1 Å². The summed E-state index contributed by atoms with van der Waals surface area (Å²) in [6.45, 7) is 2.39. The summed E-state index contributed by atoms with van der Waals surface area (Å²) in [5, 5.41) is 0. The summed E-state index contributed by atoms with van der Waals surface area (Å²) in [5.74, 6) is -0.939. The predicted molar refractivity (Wildman–Crippen MR) is 89.2 cm³/mol. The number of primary amides is 1. The number of hydrogen-bond acceptors (Lipinski definition) is 4. The van der Waals surface area contributed by atoms with Gasteiger partial charge in [0.05, 0.1) is 10.6 Å². The topological polar surface area (TPSA) is 80.5 Å². The summed E-state index contributed by atoms with van der Waals surface area (Å²) < 4.78 is 25.4. The fourth-order valence-corrected chi connectivity index (χ4v) is 4.52. The minimum absolute atomic E-state index is 0.123. The number of hydrogen-bond donors (Lipinski definition) is 1. The van der Waals surface area contributed by atoms with E-state index < -0.39 is 15.7 Å². The van der Waals surface area contributed by atoms with Crippen molar-refractivity contribution in [3.8, 4) is 0 Å². The molecule has 2 aromatic carbocycles. The van der Waals surface area contributed by atoms with Gasteiger partial charge in [-0.2, -0.15) is 0 Å². The smallest absolute Gasteiger partial charge is 0.262 e. The van der Waals surface area contributed by atoms with Crippen molar-refractivity contribution in [3.63, 3.8) is 0 Å². The number of anilines is 1. The van der Waals surface area contributed by atoms with Crippen molar-refractivity contribution >= 4 is 27.1 Å². The van der Waals surface area contributed by atoms with Crippen LogP contribution in [0.1, 0.15) is 12.5 Å². The van der Waals surface area contributed by atoms with E-state index in [2.05, 4.69) is 0 Å². The lowest BCUT2D eigenvalue weighted by molar-refractivity contribution is -0.113. The largest absolute Gasteiger partial charge is 0.365 e. The van der Waals surface area contributed by atoms with Crippen LogP contribution < -0.4 is 10.6 Å². The second kappa shape index (κ2) is 5.55. The van der Waals surface area contributed by atoms with Crippen LogP contribution >= 0.6 is 0 Å². The number of carbonyl (C=O) groups excluding carboxylic acids is 1. The Labute approximate surface area is 135 Å². The molecule has 2 N–H and O–H groups in total. The van der Waals surface area contributed by atoms with E-state index in [1.165, 1.54) is 6.07 Å². The van der Waals surface area contributed by atoms with Gasteiger partial charge in [-0.3, -0.25) is 4.79 Å². The molecule has 1 amide bonds. The summed E-state index contributed by atoms with van der Waals surface area (Å²) in [4.78, 5) is 13.5. The molecular weight excluding hydrogens is 312 g/mol. The van der Waals surface area contributed by atoms with Gasteiger partial charge in [-0.1, -0.05) is 36.4 Å². The fraction of sp³-hybridized carbons (Fsp3) is 0.118. The molecule has 1 aliphatic rings. The molecule has 0 spiro atoms. The molecule has 0 aliphatic carbocycles. The number of para-hydroxylation sites is 1. The molecule has 2 aromatic rings. The Kier molecular flexibility index (Phi) is 3.69. The Hall–Kier alpha value is -2.60. The third-order valence-corrected chi connectivity index (χ3v) is 5.66. The van der Waals surface area contributed by atoms with Gasteiger partial charge in [-0.25, -0.2) is 8.42 Å². The Morgan fingerprint density at radius 2 is 1.65 bits per heavy atom. The first kappa shape index (κ1) is 15.3. The molecule has 0 saturated heterocycles. The van der Waals surface area contributed by atoms with E-state index in [0.29, 0.717) is 17.8 Å². The molecule has 0 aromatic heterocycles. The summed E-state index contributed by atoms with van der Waals surface area (Å²) in [6.07, 6.45) is 0. The number of nitrogens with zero attached hydrogens (tertiary/aromatic N) is 1. The lowest BCUT2D eigenvalue weighted by atomic mass is 10.1. The lowest BCUT2D eigenvalue weighted by Crippen LogP contribution is -2.26. The molecule has 23 heavy (non-hydrogen) atoms. The average molecular weight is 328 g/mol. The van der Waals surface area contributed by atoms with Crippen LogP contribution in [0.5, 0.6) is 0 Å². The number of rotatable bonds is 4. The lowest BCUT2D eigenvalue weighted by Gasteiger charge is -2.25. The molecule has 3 rings (SSSR count). The summed E-state index contributed by atoms with van der Waals surface area (Å²) in [5.41, 5.74) is 7.07. The zero-order valence-corrected chi connectivity index (χ0v) is 13.4. The summed E-state index contributed by atoms with van der Waals surface area (Å²) >= 11 is 0. The van der Waals surface area contributed by atoms with Crippen molar-refractivity contribution in [1.29, 1.82) is 0 Å². The molecule has 0 fully saturated rings. The molecule has 0 atom stereocenters. The van der Waals surface area contributed by atoms with E-state index in [1.807, 2.05) is 37.3 Å². The van der Waals surface area contributed by atoms with Crippen molar-refractivity contribution in [3.05, 3.63) is 65.1 Å². The maximum atomic E-state index is 12.7. The van der Waals surface area contributed by atoms with Crippen LogP contribution in [0, 0.1) is 0 Å². The van der Waals surface area contributed by atoms with Crippen LogP contribution in [0.25, 0.3) is 5.70 Å². The first-order valence-corrected chi connectivity index (χ1v) is 8.68. The van der Waals surface area contributed by atoms with E-state index in [9.17, 15) is 13.2 Å². The summed E-state index contributed by atoms with van der Waals surface area (Å²) in [7, 11) is -3.89. The second-order valence-electron chi connectivity index (χ2n) is 5.12. The number of fused-ring (bicyclic) bond motifs is 1. The SMILES string of the molecule is CCN(C1=C(C(N)=O)S(=O)(=O)c2ccccc21)c1ccccc1. The van der Waals surface area contributed by atoms with E-state index in [-0.39, 0.29) is 9.80 Å². The zero-order chi connectivity index (χ0) is 16.6. The Bertz CT molecular complexity index is 902. The molecule has 118 valence electrons. The van der Waals surface area contributed by atoms with Gasteiger partial charge >= 0.3 is 0 Å². The molecule has 0 bridgehead atoms. The highest BCUT2D eigenvalue weighted by Gasteiger charge is 2.40. The first-order chi connectivity index (χ1) is 11.0. The average Bonchev–Trinajstić information content (AvgIpc) is 2.78. The van der Waals surface area contributed by atoms with Gasteiger partial charge in [0.1, 0.15) is 0 Å². The standard InChI is InChI=1S/C17H16N2O3S/c1-2-19(12-8-4-3-5-9-12)15-13-10-6-7-11-14(13)23(21,22)16(15)17(18)20/h3-11H,2H2,1H3,(H2,18,20). The van der Waals surface area contributed by atoms with Crippen molar-refractivity contribution in [1.82, 2.24) is 0 Å². The number of benzene rings is 2. The van der Waals surface area contributed by atoms with Crippen LogP contribution in [-0.4, -0.2) is 20.9 Å². The van der Waals surface area contributed by atoms with Crippen LogP contribution in [0.2, 0.25) is 0 Å². The van der Waals surface area contributed by atoms with Crippen LogP contribution in [0.3, 0.4) is 0 Å². The molecular formula is C17H16N2O3S. The molecule has 1 aliphatic heterocycles. The van der Waals surface area contributed by atoms with Gasteiger partial charge in [-0.15, -0.1) is 0 Å². The van der Waals surface area contributed by atoms with Crippen LogP contribution in [0.4, 0.5) is 5.69 Å². The Balaban J connectivity index is 2.33. The monoisotopic (exact) mass is 328 g/mol. The Morgan fingerprint density at radius 1 is 1.04 bits per heavy atom. The summed E-state index contributed by atoms with van der Waals surface area (Å²) in [6, 6.07) is 15.9. The minimum atomic E-state index is -3.89. The van der Waals surface area contributed by atoms with Crippen molar-refractivity contribution < 1.29 is 13.2 Å². The molecule has 5 nitrogen and oxygen atoms in total. The number of sulfone groups is 1. The third-order valence-electron chi connectivity index (χ3n) is 3.79. The van der Waals surface area contributed by atoms with E-state index in [4.69, 9.17) is 5.73 Å². The van der Waals surface area contributed by atoms with Gasteiger partial charge < -0.3 is 10.6 Å². The predicted octanol–water partition coefficient (Wildman–Crippen LogP) is 2.15. The van der Waals surface area contributed by atoms with Gasteiger partial charge in [0, 0.05) is 17.8 Å². The highest BCUT2D eigenvalue weighted by molar-refractivity contribution is 7.97. The van der Waals surface area contributed by atoms with Gasteiger partial charge in [0.2, 0.25) is 9.84 Å². The van der Waals surface area contributed by atoms with Crippen LogP contribution in [0.15, 0.2) is 64.4 Å². The fourth-order valence-electron chi connectivity index (χ4n) is 2.85. The number of amides is 1. The number of nitrogens with two attached hydrogens (primary N) is 1. The molecule has 6 heteroatoms. The number of carbonyl (C=O) groups is 1. The van der Waals surface area contributed by atoms with Gasteiger partial charge in [0.25, 0.3) is 5.91 Å². The molecule has 0 saturated carbocycles. The van der Waals surface area contributed by atoms with Crippen molar-refractivity contribution in [2.45, 2.75) is 11.8 Å². The molecule has 0 unspecified atom stereocenters. The molecule has 0 radical (unpaired) electrons. The van der Waals surface area contributed by atoms with Crippen molar-refractivity contribution in [2.75, 3.05) is 11.4 Å². The normalized spacial score (nSPS) is 15.3. The highest BCUT2D eigenvalue weighted by atomic mass is 32.2. The third kappa shape index (κ3) is 2.31. The quantitative estimate of drug-likeness (QED) is 0.932. The highest BCUT2D eigenvalue weighted by Crippen LogP contribution is 2.42. The van der Waals surface area contributed by atoms with E-state index >= 15 is 0 Å². The molecule has 1 heterocycles. The van der Waals surface area contributed by atoms with Crippen molar-refractivity contribution in [2.24, 2.45) is 5.73 Å². The minimum Gasteiger partial charge on any atom is -0.365 e. The zero-order valence-electron chi connectivity index (χ0n) is 12.6. The van der Waals surface area contributed by atoms with Crippen LogP contribution in [-0.2, 0) is 14.6 Å². The van der Waals surface area contributed by atoms with Gasteiger partial charge in [-0.05, 0) is 25.1 Å².